The molecule has 0 aliphatic carbocycles. The number of hydrogen-bond acceptors (Lipinski definition) is 6. The van der Waals surface area contributed by atoms with Crippen molar-refractivity contribution in [1.82, 2.24) is 15.5 Å². The van der Waals surface area contributed by atoms with Gasteiger partial charge in [0.25, 0.3) is 11.8 Å². The molecule has 4 rings (SSSR count). The normalized spacial score (nSPS) is 18.1. The zero-order valence-electron chi connectivity index (χ0n) is 22.0. The second-order valence-corrected chi connectivity index (χ2v) is 9.91. The molecule has 9 nitrogen and oxygen atoms in total. The van der Waals surface area contributed by atoms with Crippen LogP contribution in [0.3, 0.4) is 0 Å². The number of hydrogen-bond donors (Lipinski definition) is 5. The van der Waals surface area contributed by atoms with E-state index in [9.17, 15) is 34.1 Å². The molecule has 210 valence electrons. The predicted octanol–water partition coefficient (Wildman–Crippen LogP) is 1.82. The maximum absolute atomic E-state index is 13.5. The Kier molecular flexibility index (Phi) is 9.13. The smallest absolute Gasteiger partial charge is 0.254 e. The molecule has 0 bridgehead atoms. The van der Waals surface area contributed by atoms with Crippen molar-refractivity contribution in [3.63, 3.8) is 0 Å². The SMILES string of the molecule is Cc1c(O)cccc1C(=O)NC(Cc1ccccc1)C(O)C(=O)N1CC(O)CC1C(=O)NCc1cccc(F)c1. The van der Waals surface area contributed by atoms with E-state index in [1.165, 1.54) is 36.4 Å². The van der Waals surface area contributed by atoms with E-state index in [0.717, 1.165) is 10.5 Å². The van der Waals surface area contributed by atoms with E-state index in [1.807, 2.05) is 6.07 Å². The van der Waals surface area contributed by atoms with Crippen molar-refractivity contribution in [2.45, 2.75) is 50.6 Å². The maximum atomic E-state index is 13.5. The first kappa shape index (κ1) is 28.7. The second-order valence-electron chi connectivity index (χ2n) is 9.91. The first-order chi connectivity index (χ1) is 19.1. The third kappa shape index (κ3) is 6.83. The van der Waals surface area contributed by atoms with Crippen molar-refractivity contribution < 1.29 is 34.1 Å². The van der Waals surface area contributed by atoms with E-state index < -0.39 is 47.8 Å². The lowest BCUT2D eigenvalue weighted by Gasteiger charge is -2.30. The van der Waals surface area contributed by atoms with Crippen molar-refractivity contribution in [3.05, 3.63) is 101 Å². The topological polar surface area (TPSA) is 139 Å². The lowest BCUT2D eigenvalue weighted by molar-refractivity contribution is -0.146. The fourth-order valence-corrected chi connectivity index (χ4v) is 4.83. The van der Waals surface area contributed by atoms with Gasteiger partial charge in [0.1, 0.15) is 17.6 Å². The molecule has 4 unspecified atom stereocenters. The van der Waals surface area contributed by atoms with Gasteiger partial charge in [0, 0.05) is 30.6 Å². The highest BCUT2D eigenvalue weighted by Gasteiger charge is 2.42. The van der Waals surface area contributed by atoms with Gasteiger partial charge >= 0.3 is 0 Å². The number of aliphatic hydroxyl groups is 2. The van der Waals surface area contributed by atoms with E-state index in [1.54, 1.807) is 37.3 Å². The molecule has 10 heteroatoms. The quantitative estimate of drug-likeness (QED) is 0.276. The summed E-state index contributed by atoms with van der Waals surface area (Å²) in [4.78, 5) is 40.8. The molecular formula is C30H32FN3O6. The molecule has 1 fully saturated rings. The predicted molar refractivity (Wildman–Crippen MR) is 145 cm³/mol. The molecule has 0 spiro atoms. The fraction of sp³-hybridized carbons (Fsp3) is 0.300. The van der Waals surface area contributed by atoms with Crippen LogP contribution in [0.4, 0.5) is 4.39 Å². The summed E-state index contributed by atoms with van der Waals surface area (Å²) < 4.78 is 13.5. The van der Waals surface area contributed by atoms with Crippen molar-refractivity contribution in [2.75, 3.05) is 6.54 Å². The van der Waals surface area contributed by atoms with E-state index in [2.05, 4.69) is 10.6 Å². The van der Waals surface area contributed by atoms with Crippen molar-refractivity contribution in [1.29, 1.82) is 0 Å². The molecule has 0 aromatic heterocycles. The fourth-order valence-electron chi connectivity index (χ4n) is 4.83. The van der Waals surface area contributed by atoms with Crippen LogP contribution in [0.2, 0.25) is 0 Å². The third-order valence-electron chi connectivity index (χ3n) is 7.02. The zero-order valence-corrected chi connectivity index (χ0v) is 22.0. The Morgan fingerprint density at radius 3 is 2.45 bits per heavy atom. The van der Waals surface area contributed by atoms with Crippen molar-refractivity contribution >= 4 is 17.7 Å². The van der Waals surface area contributed by atoms with E-state index in [0.29, 0.717) is 11.1 Å². The number of phenols is 1. The Labute approximate surface area is 231 Å². The van der Waals surface area contributed by atoms with Gasteiger partial charge in [0.15, 0.2) is 6.10 Å². The third-order valence-corrected chi connectivity index (χ3v) is 7.02. The van der Waals surface area contributed by atoms with E-state index in [4.69, 9.17) is 0 Å². The largest absolute Gasteiger partial charge is 0.508 e. The minimum Gasteiger partial charge on any atom is -0.508 e. The number of benzene rings is 3. The first-order valence-electron chi connectivity index (χ1n) is 13.0. The first-order valence-corrected chi connectivity index (χ1v) is 13.0. The zero-order chi connectivity index (χ0) is 28.8. The van der Waals surface area contributed by atoms with Gasteiger partial charge in [-0.05, 0) is 48.7 Å². The highest BCUT2D eigenvalue weighted by atomic mass is 19.1. The molecule has 1 aliphatic heterocycles. The van der Waals surface area contributed by atoms with Crippen LogP contribution >= 0.6 is 0 Å². The van der Waals surface area contributed by atoms with Gasteiger partial charge < -0.3 is 30.9 Å². The molecule has 1 saturated heterocycles. The monoisotopic (exact) mass is 549 g/mol. The number of aromatic hydroxyl groups is 1. The minimum absolute atomic E-state index is 0.0176. The number of aliphatic hydroxyl groups excluding tert-OH is 2. The van der Waals surface area contributed by atoms with E-state index in [-0.39, 0.29) is 37.2 Å². The van der Waals surface area contributed by atoms with Crippen LogP contribution in [0.1, 0.15) is 33.5 Å². The number of carbonyl (C=O) groups is 3. The summed E-state index contributed by atoms with van der Waals surface area (Å²) in [7, 11) is 0. The number of carbonyl (C=O) groups excluding carboxylic acids is 3. The van der Waals surface area contributed by atoms with E-state index >= 15 is 0 Å². The highest BCUT2D eigenvalue weighted by molar-refractivity contribution is 5.97. The van der Waals surface area contributed by atoms with Gasteiger partial charge in [-0.1, -0.05) is 48.5 Å². The molecule has 1 aliphatic rings. The Morgan fingerprint density at radius 1 is 1.02 bits per heavy atom. The molecule has 1 heterocycles. The van der Waals surface area contributed by atoms with Crippen LogP contribution in [-0.2, 0) is 22.6 Å². The number of β-amino-alcohol motifs (C(OH)–C–C–N with tert-alkyl or cyclic N) is 1. The standard InChI is InChI=1S/C30H32FN3O6/c1-18-23(11-6-12-26(18)36)28(38)33-24(14-19-7-3-2-4-8-19)27(37)30(40)34-17-22(35)15-25(34)29(39)32-16-20-9-5-10-21(31)13-20/h2-13,22,24-25,27,35-37H,14-17H2,1H3,(H,32,39)(H,33,38). The lowest BCUT2D eigenvalue weighted by Crippen LogP contribution is -2.55. The van der Waals surface area contributed by atoms with Crippen LogP contribution in [0.15, 0.2) is 72.8 Å². The lowest BCUT2D eigenvalue weighted by atomic mass is 9.98. The van der Waals surface area contributed by atoms with Gasteiger partial charge in [-0.25, -0.2) is 4.39 Å². The maximum Gasteiger partial charge on any atom is 0.254 e. The minimum atomic E-state index is -1.74. The summed E-state index contributed by atoms with van der Waals surface area (Å²) in [5.41, 5.74) is 1.80. The number of nitrogens with zero attached hydrogens (tertiary/aromatic N) is 1. The summed E-state index contributed by atoms with van der Waals surface area (Å²) in [6, 6.07) is 17.0. The molecule has 3 aromatic rings. The molecule has 4 atom stereocenters. The Bertz CT molecular complexity index is 1370. The summed E-state index contributed by atoms with van der Waals surface area (Å²) in [6.45, 7) is 1.42. The molecular weight excluding hydrogens is 517 g/mol. The summed E-state index contributed by atoms with van der Waals surface area (Å²) in [6.07, 6.45) is -2.67. The Morgan fingerprint density at radius 2 is 1.73 bits per heavy atom. The molecule has 3 aromatic carbocycles. The number of rotatable bonds is 9. The number of phenolic OH excluding ortho intramolecular Hbond substituents is 1. The molecule has 3 amide bonds. The van der Waals surface area contributed by atoms with Crippen LogP contribution in [-0.4, -0.2) is 68.8 Å². The van der Waals surface area contributed by atoms with Crippen LogP contribution in [0, 0.1) is 12.7 Å². The summed E-state index contributed by atoms with van der Waals surface area (Å²) >= 11 is 0. The average Bonchev–Trinajstić information content (AvgIpc) is 3.34. The van der Waals surface area contributed by atoms with Crippen LogP contribution < -0.4 is 10.6 Å². The van der Waals surface area contributed by atoms with Crippen molar-refractivity contribution in [3.8, 4) is 5.75 Å². The Balaban J connectivity index is 1.52. The van der Waals surface area contributed by atoms with Gasteiger partial charge in [0.2, 0.25) is 5.91 Å². The molecule has 5 N–H and O–H groups in total. The van der Waals surface area contributed by atoms with Crippen molar-refractivity contribution in [2.24, 2.45) is 0 Å². The van der Waals surface area contributed by atoms with Gasteiger partial charge in [-0.3, -0.25) is 14.4 Å². The summed E-state index contributed by atoms with van der Waals surface area (Å²) in [5.74, 6) is -2.49. The Hall–Kier alpha value is -4.28. The molecule has 40 heavy (non-hydrogen) atoms. The second kappa shape index (κ2) is 12.7. The summed E-state index contributed by atoms with van der Waals surface area (Å²) in [5, 5.41) is 36.9. The number of amides is 3. The average molecular weight is 550 g/mol. The van der Waals surface area contributed by atoms with Crippen LogP contribution in [0.5, 0.6) is 5.75 Å². The molecule has 0 saturated carbocycles. The van der Waals surface area contributed by atoms with Gasteiger partial charge in [-0.15, -0.1) is 0 Å². The number of likely N-dealkylation sites (tertiary alicyclic amines) is 1. The highest BCUT2D eigenvalue weighted by Crippen LogP contribution is 2.23. The number of halogens is 1. The molecule has 0 radical (unpaired) electrons. The van der Waals surface area contributed by atoms with Crippen LogP contribution in [0.25, 0.3) is 0 Å². The van der Waals surface area contributed by atoms with Gasteiger partial charge in [-0.2, -0.15) is 0 Å². The van der Waals surface area contributed by atoms with Gasteiger partial charge in [0.05, 0.1) is 12.1 Å². The number of nitrogens with one attached hydrogen (secondary N) is 2.